The van der Waals surface area contributed by atoms with Gasteiger partial charge < -0.3 is 14.8 Å². The molecule has 0 spiro atoms. The SMILES string of the molecule is CCCNC(=S)NC(=O)c1ccc(OC)c(OC)c1. The first-order valence-corrected chi connectivity index (χ1v) is 6.34. The maximum Gasteiger partial charge on any atom is 0.257 e. The molecule has 0 aliphatic carbocycles. The van der Waals surface area contributed by atoms with Crippen LogP contribution in [0.3, 0.4) is 0 Å². The van der Waals surface area contributed by atoms with Gasteiger partial charge in [-0.3, -0.25) is 10.1 Å². The Morgan fingerprint density at radius 2 is 1.95 bits per heavy atom. The summed E-state index contributed by atoms with van der Waals surface area (Å²) < 4.78 is 10.3. The molecular weight excluding hydrogens is 264 g/mol. The van der Waals surface area contributed by atoms with Crippen LogP contribution in [0.25, 0.3) is 0 Å². The van der Waals surface area contributed by atoms with Crippen molar-refractivity contribution in [3.05, 3.63) is 23.8 Å². The van der Waals surface area contributed by atoms with Crippen molar-refractivity contribution in [3.63, 3.8) is 0 Å². The smallest absolute Gasteiger partial charge is 0.257 e. The van der Waals surface area contributed by atoms with E-state index in [0.29, 0.717) is 22.2 Å². The van der Waals surface area contributed by atoms with Gasteiger partial charge in [0.15, 0.2) is 16.6 Å². The number of rotatable bonds is 5. The van der Waals surface area contributed by atoms with E-state index in [1.165, 1.54) is 7.11 Å². The molecule has 2 N–H and O–H groups in total. The van der Waals surface area contributed by atoms with E-state index in [4.69, 9.17) is 21.7 Å². The van der Waals surface area contributed by atoms with Gasteiger partial charge in [-0.25, -0.2) is 0 Å². The topological polar surface area (TPSA) is 59.6 Å². The van der Waals surface area contributed by atoms with E-state index in [0.717, 1.165) is 13.0 Å². The van der Waals surface area contributed by atoms with Crippen molar-refractivity contribution in [1.29, 1.82) is 0 Å². The molecule has 0 bridgehead atoms. The molecule has 0 atom stereocenters. The zero-order valence-electron chi connectivity index (χ0n) is 11.3. The van der Waals surface area contributed by atoms with Crippen molar-refractivity contribution in [2.75, 3.05) is 20.8 Å². The van der Waals surface area contributed by atoms with Crippen LogP contribution in [0.5, 0.6) is 11.5 Å². The standard InChI is InChI=1S/C13H18N2O3S/c1-4-7-14-13(19)15-12(16)9-5-6-10(17-2)11(8-9)18-3/h5-6,8H,4,7H2,1-3H3,(H2,14,15,16,19). The number of thiocarbonyl (C=S) groups is 1. The summed E-state index contributed by atoms with van der Waals surface area (Å²) in [6.07, 6.45) is 0.937. The summed E-state index contributed by atoms with van der Waals surface area (Å²) in [5.74, 6) is 0.794. The molecule has 0 heterocycles. The van der Waals surface area contributed by atoms with Gasteiger partial charge in [0.25, 0.3) is 5.91 Å². The van der Waals surface area contributed by atoms with Crippen LogP contribution in [0.1, 0.15) is 23.7 Å². The summed E-state index contributed by atoms with van der Waals surface area (Å²) in [4.78, 5) is 12.0. The van der Waals surface area contributed by atoms with Crippen molar-refractivity contribution >= 4 is 23.2 Å². The average molecular weight is 282 g/mol. The second-order valence-corrected chi connectivity index (χ2v) is 4.19. The van der Waals surface area contributed by atoms with E-state index < -0.39 is 0 Å². The third-order valence-electron chi connectivity index (χ3n) is 2.41. The first-order valence-electron chi connectivity index (χ1n) is 5.93. The Labute approximate surface area is 118 Å². The van der Waals surface area contributed by atoms with Gasteiger partial charge in [0.2, 0.25) is 0 Å². The number of carbonyl (C=O) groups excluding carboxylic acids is 1. The van der Waals surface area contributed by atoms with Crippen molar-refractivity contribution in [2.24, 2.45) is 0 Å². The lowest BCUT2D eigenvalue weighted by atomic mass is 10.2. The van der Waals surface area contributed by atoms with Gasteiger partial charge in [0.1, 0.15) is 0 Å². The fourth-order valence-electron chi connectivity index (χ4n) is 1.44. The number of nitrogens with one attached hydrogen (secondary N) is 2. The highest BCUT2D eigenvalue weighted by Gasteiger charge is 2.11. The van der Waals surface area contributed by atoms with Gasteiger partial charge >= 0.3 is 0 Å². The molecule has 0 aromatic heterocycles. The highest BCUT2D eigenvalue weighted by Crippen LogP contribution is 2.27. The summed E-state index contributed by atoms with van der Waals surface area (Å²) in [7, 11) is 3.06. The molecule has 19 heavy (non-hydrogen) atoms. The van der Waals surface area contributed by atoms with Crippen LogP contribution in [0, 0.1) is 0 Å². The van der Waals surface area contributed by atoms with Crippen LogP contribution in [0.4, 0.5) is 0 Å². The first-order chi connectivity index (χ1) is 9.12. The van der Waals surface area contributed by atoms with E-state index >= 15 is 0 Å². The Kier molecular flexibility index (Phi) is 6.08. The Balaban J connectivity index is 2.74. The Bertz CT molecular complexity index is 463. The van der Waals surface area contributed by atoms with Gasteiger partial charge in [-0.2, -0.15) is 0 Å². The molecule has 0 saturated heterocycles. The van der Waals surface area contributed by atoms with Gasteiger partial charge in [0.05, 0.1) is 14.2 Å². The van der Waals surface area contributed by atoms with Gasteiger partial charge in [-0.15, -0.1) is 0 Å². The normalized spacial score (nSPS) is 9.63. The Morgan fingerprint density at radius 1 is 1.26 bits per heavy atom. The second kappa shape index (κ2) is 7.58. The van der Waals surface area contributed by atoms with Crippen LogP contribution >= 0.6 is 12.2 Å². The molecule has 1 amide bonds. The lowest BCUT2D eigenvalue weighted by Gasteiger charge is -2.11. The minimum absolute atomic E-state index is 0.283. The number of hydrogen-bond acceptors (Lipinski definition) is 4. The summed E-state index contributed by atoms with van der Waals surface area (Å²) in [6.45, 7) is 2.75. The minimum atomic E-state index is -0.283. The lowest BCUT2D eigenvalue weighted by Crippen LogP contribution is -2.39. The predicted molar refractivity (Wildman–Crippen MR) is 77.9 cm³/mol. The van der Waals surface area contributed by atoms with Crippen molar-refractivity contribution in [1.82, 2.24) is 10.6 Å². The molecule has 0 saturated carbocycles. The highest BCUT2D eigenvalue weighted by atomic mass is 32.1. The third-order valence-corrected chi connectivity index (χ3v) is 2.65. The predicted octanol–water partition coefficient (Wildman–Crippen LogP) is 1.72. The average Bonchev–Trinajstić information content (AvgIpc) is 2.44. The molecule has 6 heteroatoms. The van der Waals surface area contributed by atoms with E-state index in [1.807, 2.05) is 6.92 Å². The number of amides is 1. The van der Waals surface area contributed by atoms with Crippen LogP contribution in [-0.4, -0.2) is 31.8 Å². The minimum Gasteiger partial charge on any atom is -0.493 e. The van der Waals surface area contributed by atoms with Crippen molar-refractivity contribution < 1.29 is 14.3 Å². The molecule has 1 aromatic carbocycles. The van der Waals surface area contributed by atoms with Gasteiger partial charge in [-0.1, -0.05) is 6.92 Å². The Hall–Kier alpha value is -1.82. The third kappa shape index (κ3) is 4.40. The van der Waals surface area contributed by atoms with Gasteiger partial charge in [0, 0.05) is 12.1 Å². The molecule has 0 aliphatic heterocycles. The zero-order chi connectivity index (χ0) is 14.3. The maximum atomic E-state index is 12.0. The Morgan fingerprint density at radius 3 is 2.53 bits per heavy atom. The quantitative estimate of drug-likeness (QED) is 0.805. The van der Waals surface area contributed by atoms with E-state index in [9.17, 15) is 4.79 Å². The number of carbonyl (C=O) groups is 1. The molecule has 0 unspecified atom stereocenters. The second-order valence-electron chi connectivity index (χ2n) is 3.78. The summed E-state index contributed by atoms with van der Waals surface area (Å²) in [5.41, 5.74) is 0.457. The molecular formula is C13H18N2O3S. The molecule has 1 aromatic rings. The van der Waals surface area contributed by atoms with Crippen molar-refractivity contribution in [3.8, 4) is 11.5 Å². The number of hydrogen-bond donors (Lipinski definition) is 2. The molecule has 0 radical (unpaired) electrons. The van der Waals surface area contributed by atoms with E-state index in [-0.39, 0.29) is 5.91 Å². The summed E-state index contributed by atoms with van der Waals surface area (Å²) >= 11 is 5.01. The van der Waals surface area contributed by atoms with Crippen LogP contribution < -0.4 is 20.1 Å². The number of methoxy groups -OCH3 is 2. The summed E-state index contributed by atoms with van der Waals surface area (Å²) in [6, 6.07) is 4.94. The maximum absolute atomic E-state index is 12.0. The largest absolute Gasteiger partial charge is 0.493 e. The fraction of sp³-hybridized carbons (Fsp3) is 0.385. The van der Waals surface area contributed by atoms with Crippen LogP contribution in [0.2, 0.25) is 0 Å². The first kappa shape index (κ1) is 15.2. The monoisotopic (exact) mass is 282 g/mol. The summed E-state index contributed by atoms with van der Waals surface area (Å²) in [5, 5.41) is 5.85. The molecule has 0 fully saturated rings. The number of benzene rings is 1. The molecule has 5 nitrogen and oxygen atoms in total. The fourth-order valence-corrected chi connectivity index (χ4v) is 1.63. The lowest BCUT2D eigenvalue weighted by molar-refractivity contribution is 0.0976. The van der Waals surface area contributed by atoms with E-state index in [1.54, 1.807) is 25.3 Å². The molecule has 1 rings (SSSR count). The van der Waals surface area contributed by atoms with Crippen molar-refractivity contribution in [2.45, 2.75) is 13.3 Å². The molecule has 104 valence electrons. The van der Waals surface area contributed by atoms with E-state index in [2.05, 4.69) is 10.6 Å². The number of ether oxygens (including phenoxy) is 2. The zero-order valence-corrected chi connectivity index (χ0v) is 12.1. The van der Waals surface area contributed by atoms with Gasteiger partial charge in [-0.05, 0) is 36.8 Å². The van der Waals surface area contributed by atoms with Crippen LogP contribution in [0.15, 0.2) is 18.2 Å². The highest BCUT2D eigenvalue weighted by molar-refractivity contribution is 7.80. The van der Waals surface area contributed by atoms with Crippen LogP contribution in [-0.2, 0) is 0 Å². The molecule has 0 aliphatic rings.